The monoisotopic (exact) mass is 489 g/mol. The Bertz CT molecular complexity index is 1130. The molecule has 2 aromatic carbocycles. The van der Waals surface area contributed by atoms with Crippen LogP contribution in [0.15, 0.2) is 47.1 Å². The van der Waals surface area contributed by atoms with Crippen molar-refractivity contribution in [1.82, 2.24) is 15.2 Å². The fourth-order valence-electron chi connectivity index (χ4n) is 3.42. The second-order valence-corrected chi connectivity index (χ2v) is 9.14. The van der Waals surface area contributed by atoms with Gasteiger partial charge in [-0.2, -0.15) is 0 Å². The first-order valence-corrected chi connectivity index (χ1v) is 11.4. The van der Waals surface area contributed by atoms with Crippen LogP contribution in [-0.2, 0) is 19.6 Å². The lowest BCUT2D eigenvalue weighted by Crippen LogP contribution is -2.27. The molecule has 33 heavy (non-hydrogen) atoms. The number of hydrogen-bond donors (Lipinski definition) is 1. The summed E-state index contributed by atoms with van der Waals surface area (Å²) in [6.07, 6.45) is 1.39. The fourth-order valence-corrected chi connectivity index (χ4v) is 3.89. The van der Waals surface area contributed by atoms with E-state index in [2.05, 4.69) is 15.2 Å². The Morgan fingerprint density at radius 2 is 1.91 bits per heavy atom. The highest BCUT2D eigenvalue weighted by Crippen LogP contribution is 2.33. The Labute approximate surface area is 202 Å². The summed E-state index contributed by atoms with van der Waals surface area (Å²) >= 11 is 12.5. The molecule has 0 saturated heterocycles. The Hall–Kier alpha value is -2.74. The Kier molecular flexibility index (Phi) is 7.42. The van der Waals surface area contributed by atoms with Gasteiger partial charge in [0, 0.05) is 29.7 Å². The molecule has 1 aromatic heterocycles. The van der Waals surface area contributed by atoms with Crippen LogP contribution in [0.2, 0.25) is 10.0 Å². The van der Waals surface area contributed by atoms with Gasteiger partial charge in [0.05, 0.1) is 6.54 Å². The van der Waals surface area contributed by atoms with Crippen LogP contribution in [0.4, 0.5) is 0 Å². The van der Waals surface area contributed by atoms with Crippen molar-refractivity contribution in [3.63, 3.8) is 0 Å². The molecule has 0 bridgehead atoms. The van der Waals surface area contributed by atoms with Crippen LogP contribution in [0.25, 0.3) is 0 Å². The maximum Gasteiger partial charge on any atom is 0.273 e. The summed E-state index contributed by atoms with van der Waals surface area (Å²) < 4.78 is 16.5. The molecule has 1 N–H and O–H groups in total. The first-order valence-electron chi connectivity index (χ1n) is 10.6. The lowest BCUT2D eigenvalue weighted by atomic mass is 10.1. The average Bonchev–Trinajstić information content (AvgIpc) is 3.43. The Morgan fingerprint density at radius 3 is 2.70 bits per heavy atom. The number of rotatable bonds is 9. The SMILES string of the molecule is CC(C)CNC(=O)c1coc(CN(Cc2ccc3c(c2)OCO3)Cc2ccc(Cl)cc2Cl)n1. The minimum Gasteiger partial charge on any atom is -0.454 e. The standard InChI is InChI=1S/C24H25Cl2N3O4/c1-15(2)9-27-24(30)20-13-31-23(28-20)12-29(11-17-4-5-18(25)8-19(17)26)10-16-3-6-21-22(7-16)33-14-32-21/h3-8,13,15H,9-12,14H2,1-2H3,(H,27,30). The van der Waals surface area contributed by atoms with Gasteiger partial charge in [-0.3, -0.25) is 9.69 Å². The van der Waals surface area contributed by atoms with Gasteiger partial charge in [0.25, 0.3) is 5.91 Å². The van der Waals surface area contributed by atoms with Crippen molar-refractivity contribution in [2.45, 2.75) is 33.5 Å². The number of fused-ring (bicyclic) bond motifs is 1. The molecule has 3 aromatic rings. The minimum atomic E-state index is -0.248. The maximum absolute atomic E-state index is 12.3. The van der Waals surface area contributed by atoms with Crippen molar-refractivity contribution in [1.29, 1.82) is 0 Å². The fraction of sp³-hybridized carbons (Fsp3) is 0.333. The zero-order valence-corrected chi connectivity index (χ0v) is 19.9. The molecule has 1 aliphatic rings. The molecule has 0 saturated carbocycles. The molecule has 7 nitrogen and oxygen atoms in total. The summed E-state index contributed by atoms with van der Waals surface area (Å²) in [7, 11) is 0. The molecule has 0 fully saturated rings. The maximum atomic E-state index is 12.3. The van der Waals surface area contributed by atoms with E-state index in [1.165, 1.54) is 6.26 Å². The molecule has 0 aliphatic carbocycles. The van der Waals surface area contributed by atoms with E-state index < -0.39 is 0 Å². The highest BCUT2D eigenvalue weighted by atomic mass is 35.5. The first-order chi connectivity index (χ1) is 15.9. The number of carbonyl (C=O) groups excluding carboxylic acids is 1. The van der Waals surface area contributed by atoms with Crippen molar-refractivity contribution in [3.05, 3.63) is 75.4 Å². The topological polar surface area (TPSA) is 76.8 Å². The van der Waals surface area contributed by atoms with Crippen molar-refractivity contribution >= 4 is 29.1 Å². The highest BCUT2D eigenvalue weighted by molar-refractivity contribution is 6.35. The number of carbonyl (C=O) groups is 1. The lowest BCUT2D eigenvalue weighted by molar-refractivity contribution is 0.0944. The highest BCUT2D eigenvalue weighted by Gasteiger charge is 2.19. The quantitative estimate of drug-likeness (QED) is 0.439. The Morgan fingerprint density at radius 1 is 1.09 bits per heavy atom. The molecule has 0 spiro atoms. The summed E-state index contributed by atoms with van der Waals surface area (Å²) in [6, 6.07) is 11.3. The number of amides is 1. The number of ether oxygens (including phenoxy) is 2. The van der Waals surface area contributed by atoms with E-state index in [4.69, 9.17) is 37.1 Å². The first kappa shape index (κ1) is 23.4. The Balaban J connectivity index is 1.52. The smallest absolute Gasteiger partial charge is 0.273 e. The van der Waals surface area contributed by atoms with Gasteiger partial charge in [0.1, 0.15) is 6.26 Å². The predicted molar refractivity (Wildman–Crippen MR) is 126 cm³/mol. The normalized spacial score (nSPS) is 12.5. The summed E-state index contributed by atoms with van der Waals surface area (Å²) in [5.41, 5.74) is 2.22. The third kappa shape index (κ3) is 6.19. The van der Waals surface area contributed by atoms with Crippen LogP contribution in [0.3, 0.4) is 0 Å². The molecular formula is C24H25Cl2N3O4. The third-order valence-electron chi connectivity index (χ3n) is 5.07. The number of aromatic nitrogens is 1. The van der Waals surface area contributed by atoms with E-state index in [0.29, 0.717) is 48.0 Å². The van der Waals surface area contributed by atoms with Crippen LogP contribution in [0, 0.1) is 5.92 Å². The third-order valence-corrected chi connectivity index (χ3v) is 5.65. The molecule has 9 heteroatoms. The molecular weight excluding hydrogens is 465 g/mol. The molecule has 174 valence electrons. The molecule has 1 amide bonds. The number of oxazole rings is 1. The number of nitrogens with one attached hydrogen (secondary N) is 1. The van der Waals surface area contributed by atoms with E-state index in [0.717, 1.165) is 22.6 Å². The van der Waals surface area contributed by atoms with Gasteiger partial charge in [0.15, 0.2) is 17.2 Å². The van der Waals surface area contributed by atoms with Crippen LogP contribution < -0.4 is 14.8 Å². The lowest BCUT2D eigenvalue weighted by Gasteiger charge is -2.22. The van der Waals surface area contributed by atoms with Crippen LogP contribution in [0.1, 0.15) is 41.4 Å². The van der Waals surface area contributed by atoms with Crippen molar-refractivity contribution in [3.8, 4) is 11.5 Å². The largest absolute Gasteiger partial charge is 0.454 e. The zero-order valence-electron chi connectivity index (χ0n) is 18.4. The van der Waals surface area contributed by atoms with Crippen LogP contribution in [0.5, 0.6) is 11.5 Å². The summed E-state index contributed by atoms with van der Waals surface area (Å²) in [6.45, 7) is 6.35. The number of nitrogens with zero attached hydrogens (tertiary/aromatic N) is 2. The van der Waals surface area contributed by atoms with E-state index in [-0.39, 0.29) is 18.4 Å². The second-order valence-electron chi connectivity index (χ2n) is 8.30. The van der Waals surface area contributed by atoms with E-state index >= 15 is 0 Å². The van der Waals surface area contributed by atoms with E-state index in [1.54, 1.807) is 6.07 Å². The van der Waals surface area contributed by atoms with Gasteiger partial charge >= 0.3 is 0 Å². The van der Waals surface area contributed by atoms with Gasteiger partial charge in [-0.1, -0.05) is 49.2 Å². The van der Waals surface area contributed by atoms with Crippen molar-refractivity contribution in [2.24, 2.45) is 5.92 Å². The van der Waals surface area contributed by atoms with Gasteiger partial charge in [-0.15, -0.1) is 0 Å². The number of benzene rings is 2. The molecule has 1 aliphatic heterocycles. The molecule has 4 rings (SSSR count). The van der Waals surface area contributed by atoms with Gasteiger partial charge in [-0.25, -0.2) is 4.98 Å². The second kappa shape index (κ2) is 10.5. The number of hydrogen-bond acceptors (Lipinski definition) is 6. The van der Waals surface area contributed by atoms with Crippen molar-refractivity contribution < 1.29 is 18.7 Å². The van der Waals surface area contributed by atoms with Gasteiger partial charge in [-0.05, 0) is 41.3 Å². The van der Waals surface area contributed by atoms with Crippen molar-refractivity contribution in [2.75, 3.05) is 13.3 Å². The van der Waals surface area contributed by atoms with E-state index in [9.17, 15) is 4.79 Å². The van der Waals surface area contributed by atoms with Gasteiger partial charge < -0.3 is 19.2 Å². The molecule has 0 radical (unpaired) electrons. The average molecular weight is 490 g/mol. The zero-order chi connectivity index (χ0) is 23.4. The van der Waals surface area contributed by atoms with Gasteiger partial charge in [0.2, 0.25) is 12.7 Å². The molecule has 0 atom stereocenters. The number of halogens is 2. The summed E-state index contributed by atoms with van der Waals surface area (Å²) in [5.74, 6) is 1.99. The predicted octanol–water partition coefficient (Wildman–Crippen LogP) is 5.30. The van der Waals surface area contributed by atoms with Crippen LogP contribution >= 0.6 is 23.2 Å². The van der Waals surface area contributed by atoms with Crippen LogP contribution in [-0.4, -0.2) is 29.1 Å². The van der Waals surface area contributed by atoms with E-state index in [1.807, 2.05) is 44.2 Å². The summed E-state index contributed by atoms with van der Waals surface area (Å²) in [4.78, 5) is 18.8. The minimum absolute atomic E-state index is 0.223. The molecule has 2 heterocycles. The molecule has 0 unspecified atom stereocenters. The summed E-state index contributed by atoms with van der Waals surface area (Å²) in [5, 5.41) is 4.01.